The molecular weight excluding hydrogens is 334 g/mol. The summed E-state index contributed by atoms with van der Waals surface area (Å²) in [6, 6.07) is 12.8. The Morgan fingerprint density at radius 1 is 1.19 bits per heavy atom. The Bertz CT molecular complexity index is 934. The number of rotatable bonds is 5. The Labute approximate surface area is 149 Å². The van der Waals surface area contributed by atoms with Crippen LogP contribution in [0.3, 0.4) is 0 Å². The van der Waals surface area contributed by atoms with Crippen LogP contribution in [0.2, 0.25) is 0 Å². The van der Waals surface area contributed by atoms with Gasteiger partial charge in [0.05, 0.1) is 25.5 Å². The summed E-state index contributed by atoms with van der Waals surface area (Å²) in [6.45, 7) is 0.477. The van der Waals surface area contributed by atoms with Crippen molar-refractivity contribution >= 4 is 5.91 Å². The van der Waals surface area contributed by atoms with E-state index in [0.717, 1.165) is 17.0 Å². The molecule has 0 unspecified atom stereocenters. The van der Waals surface area contributed by atoms with Crippen LogP contribution in [-0.2, 0) is 6.54 Å². The predicted molar refractivity (Wildman–Crippen MR) is 94.3 cm³/mol. The average molecular weight is 351 g/mol. The third-order valence-corrected chi connectivity index (χ3v) is 4.08. The van der Waals surface area contributed by atoms with Gasteiger partial charge in [0.2, 0.25) is 6.79 Å². The number of amides is 1. The summed E-state index contributed by atoms with van der Waals surface area (Å²) in [5.41, 5.74) is 2.38. The third-order valence-electron chi connectivity index (χ3n) is 4.08. The second-order valence-corrected chi connectivity index (χ2v) is 5.72. The van der Waals surface area contributed by atoms with Gasteiger partial charge >= 0.3 is 0 Å². The Morgan fingerprint density at radius 3 is 2.81 bits per heavy atom. The number of nitrogens with one attached hydrogen (secondary N) is 2. The van der Waals surface area contributed by atoms with Crippen molar-refractivity contribution in [3.63, 3.8) is 0 Å². The van der Waals surface area contributed by atoms with Gasteiger partial charge in [0.15, 0.2) is 11.5 Å². The van der Waals surface area contributed by atoms with E-state index in [9.17, 15) is 4.79 Å². The Hall–Kier alpha value is -3.48. The quantitative estimate of drug-likeness (QED) is 0.738. The molecule has 1 aliphatic heterocycles. The second kappa shape index (κ2) is 6.79. The van der Waals surface area contributed by atoms with Crippen LogP contribution in [0.4, 0.5) is 0 Å². The molecule has 2 heterocycles. The van der Waals surface area contributed by atoms with Gasteiger partial charge in [-0.25, -0.2) is 4.98 Å². The number of nitrogens with zero attached hydrogens (tertiary/aromatic N) is 1. The molecule has 2 N–H and O–H groups in total. The highest BCUT2D eigenvalue weighted by molar-refractivity contribution is 5.94. The number of hydrogen-bond donors (Lipinski definition) is 2. The lowest BCUT2D eigenvalue weighted by molar-refractivity contribution is 0.0949. The number of fused-ring (bicyclic) bond motifs is 1. The Kier molecular flexibility index (Phi) is 4.18. The van der Waals surface area contributed by atoms with Gasteiger partial charge < -0.3 is 24.5 Å². The van der Waals surface area contributed by atoms with E-state index < -0.39 is 0 Å². The van der Waals surface area contributed by atoms with Crippen molar-refractivity contribution in [1.82, 2.24) is 15.3 Å². The van der Waals surface area contributed by atoms with Crippen molar-refractivity contribution < 1.29 is 19.0 Å². The van der Waals surface area contributed by atoms with Crippen LogP contribution in [0.5, 0.6) is 17.2 Å². The molecule has 0 spiro atoms. The van der Waals surface area contributed by atoms with E-state index >= 15 is 0 Å². The summed E-state index contributed by atoms with van der Waals surface area (Å²) in [5, 5.41) is 2.84. The first-order chi connectivity index (χ1) is 12.7. The summed E-state index contributed by atoms with van der Waals surface area (Å²) in [7, 11) is 1.63. The van der Waals surface area contributed by atoms with Crippen molar-refractivity contribution in [3.8, 4) is 28.5 Å². The van der Waals surface area contributed by atoms with Crippen molar-refractivity contribution in [3.05, 3.63) is 60.0 Å². The van der Waals surface area contributed by atoms with Gasteiger partial charge in [-0.05, 0) is 48.0 Å². The van der Waals surface area contributed by atoms with Crippen LogP contribution in [0, 0.1) is 0 Å². The zero-order chi connectivity index (χ0) is 17.9. The number of hydrogen-bond acceptors (Lipinski definition) is 5. The largest absolute Gasteiger partial charge is 0.497 e. The number of aromatic amines is 1. The van der Waals surface area contributed by atoms with Crippen molar-refractivity contribution in [2.45, 2.75) is 6.54 Å². The lowest BCUT2D eigenvalue weighted by Crippen LogP contribution is -2.23. The van der Waals surface area contributed by atoms with Crippen LogP contribution in [0.15, 0.2) is 48.7 Å². The Morgan fingerprint density at radius 2 is 2.00 bits per heavy atom. The maximum atomic E-state index is 12.3. The van der Waals surface area contributed by atoms with Crippen LogP contribution >= 0.6 is 0 Å². The van der Waals surface area contributed by atoms with Crippen LogP contribution < -0.4 is 19.5 Å². The van der Waals surface area contributed by atoms with E-state index in [4.69, 9.17) is 14.2 Å². The van der Waals surface area contributed by atoms with Gasteiger partial charge in [0, 0.05) is 5.56 Å². The number of carbonyl (C=O) groups is 1. The first kappa shape index (κ1) is 16.0. The average Bonchev–Trinajstić information content (AvgIpc) is 3.35. The lowest BCUT2D eigenvalue weighted by atomic mass is 10.2. The van der Waals surface area contributed by atoms with Crippen molar-refractivity contribution in [2.24, 2.45) is 0 Å². The number of ether oxygens (including phenoxy) is 3. The van der Waals surface area contributed by atoms with Crippen LogP contribution in [-0.4, -0.2) is 29.8 Å². The molecule has 0 bridgehead atoms. The molecule has 0 radical (unpaired) electrons. The minimum absolute atomic E-state index is 0.181. The molecule has 7 heteroatoms. The monoisotopic (exact) mass is 351 g/mol. The number of aromatic nitrogens is 2. The fourth-order valence-electron chi connectivity index (χ4n) is 2.67. The smallest absolute Gasteiger partial charge is 0.251 e. The number of carbonyl (C=O) groups excluding carboxylic acids is 1. The predicted octanol–water partition coefficient (Wildman–Crippen LogP) is 2.74. The molecule has 0 atom stereocenters. The van der Waals surface area contributed by atoms with E-state index in [1.165, 1.54) is 0 Å². The van der Waals surface area contributed by atoms with Gasteiger partial charge in [0.25, 0.3) is 5.91 Å². The number of methoxy groups -OCH3 is 1. The number of imidazole rings is 1. The fourth-order valence-corrected chi connectivity index (χ4v) is 2.67. The highest BCUT2D eigenvalue weighted by atomic mass is 16.7. The number of benzene rings is 2. The van der Waals surface area contributed by atoms with Crippen LogP contribution in [0.25, 0.3) is 11.3 Å². The van der Waals surface area contributed by atoms with Gasteiger partial charge in [-0.1, -0.05) is 0 Å². The molecule has 0 saturated carbocycles. The highest BCUT2D eigenvalue weighted by Crippen LogP contribution is 2.32. The molecule has 132 valence electrons. The third kappa shape index (κ3) is 3.19. The summed E-state index contributed by atoms with van der Waals surface area (Å²) in [5.74, 6) is 2.49. The zero-order valence-electron chi connectivity index (χ0n) is 14.1. The van der Waals surface area contributed by atoms with E-state index in [1.54, 1.807) is 31.5 Å². The normalized spacial score (nSPS) is 12.0. The molecule has 3 aromatic rings. The number of H-pyrrole nitrogens is 1. The van der Waals surface area contributed by atoms with Gasteiger partial charge in [0.1, 0.15) is 11.6 Å². The molecule has 2 aromatic carbocycles. The first-order valence-electron chi connectivity index (χ1n) is 8.09. The summed E-state index contributed by atoms with van der Waals surface area (Å²) in [4.78, 5) is 19.8. The molecule has 0 fully saturated rings. The Balaban J connectivity index is 1.40. The highest BCUT2D eigenvalue weighted by Gasteiger charge is 2.16. The molecule has 1 aromatic heterocycles. The molecule has 1 amide bonds. The fraction of sp³-hybridized carbons (Fsp3) is 0.158. The zero-order valence-corrected chi connectivity index (χ0v) is 14.1. The minimum Gasteiger partial charge on any atom is -0.497 e. The van der Waals surface area contributed by atoms with Crippen molar-refractivity contribution in [1.29, 1.82) is 0 Å². The minimum atomic E-state index is -0.203. The molecule has 0 saturated heterocycles. The summed E-state index contributed by atoms with van der Waals surface area (Å²) >= 11 is 0. The molecule has 0 aliphatic carbocycles. The van der Waals surface area contributed by atoms with E-state index in [-0.39, 0.29) is 12.7 Å². The second-order valence-electron chi connectivity index (χ2n) is 5.72. The molecule has 4 rings (SSSR count). The maximum absolute atomic E-state index is 12.3. The maximum Gasteiger partial charge on any atom is 0.251 e. The summed E-state index contributed by atoms with van der Waals surface area (Å²) < 4.78 is 15.7. The van der Waals surface area contributed by atoms with Gasteiger partial charge in [-0.3, -0.25) is 4.79 Å². The van der Waals surface area contributed by atoms with E-state index in [2.05, 4.69) is 15.3 Å². The van der Waals surface area contributed by atoms with E-state index in [1.807, 2.05) is 24.3 Å². The molecule has 26 heavy (non-hydrogen) atoms. The summed E-state index contributed by atoms with van der Waals surface area (Å²) in [6.07, 6.45) is 1.74. The van der Waals surface area contributed by atoms with Gasteiger partial charge in [-0.2, -0.15) is 0 Å². The van der Waals surface area contributed by atoms with Gasteiger partial charge in [-0.15, -0.1) is 0 Å². The standard InChI is InChI=1S/C19H17N3O4/c1-24-14-5-2-12(3-6-14)15-9-20-18(22-15)10-21-19(23)13-4-7-16-17(8-13)26-11-25-16/h2-9H,10-11H2,1H3,(H,20,22)(H,21,23). The topological polar surface area (TPSA) is 85.5 Å². The molecule has 7 nitrogen and oxygen atoms in total. The molecule has 1 aliphatic rings. The SMILES string of the molecule is COc1ccc(-c2cnc(CNC(=O)c3ccc4c(c3)OCO4)[nH]2)cc1. The lowest BCUT2D eigenvalue weighted by Gasteiger charge is -2.05. The first-order valence-corrected chi connectivity index (χ1v) is 8.09. The van der Waals surface area contributed by atoms with Crippen LogP contribution in [0.1, 0.15) is 16.2 Å². The molecular formula is C19H17N3O4. The van der Waals surface area contributed by atoms with Crippen molar-refractivity contribution in [2.75, 3.05) is 13.9 Å². The van der Waals surface area contributed by atoms with E-state index in [0.29, 0.717) is 29.4 Å².